The van der Waals surface area contributed by atoms with Crippen molar-refractivity contribution in [2.75, 3.05) is 13.1 Å². The van der Waals surface area contributed by atoms with E-state index in [1.807, 2.05) is 33.3 Å². The van der Waals surface area contributed by atoms with E-state index in [4.69, 9.17) is 0 Å². The summed E-state index contributed by atoms with van der Waals surface area (Å²) >= 11 is 1.50. The average Bonchev–Trinajstić information content (AvgIpc) is 2.94. The van der Waals surface area contributed by atoms with Crippen LogP contribution in [0.25, 0.3) is 0 Å². The van der Waals surface area contributed by atoms with E-state index in [0.717, 1.165) is 24.5 Å². The first kappa shape index (κ1) is 10.5. The van der Waals surface area contributed by atoms with Crippen LogP contribution in [-0.4, -0.2) is 38.9 Å². The van der Waals surface area contributed by atoms with E-state index in [-0.39, 0.29) is 5.91 Å². The lowest BCUT2D eigenvalue weighted by Crippen LogP contribution is -2.51. The number of amides is 1. The highest BCUT2D eigenvalue weighted by Crippen LogP contribution is 2.21. The van der Waals surface area contributed by atoms with Crippen molar-refractivity contribution in [1.82, 2.24) is 19.9 Å². The lowest BCUT2D eigenvalue weighted by Gasteiger charge is -2.38. The fraction of sp³-hybridized carbons (Fsp3) is 0.364. The lowest BCUT2D eigenvalue weighted by atomic mass is 10.00. The second-order valence-corrected chi connectivity index (χ2v) is 5.13. The van der Waals surface area contributed by atoms with Crippen molar-refractivity contribution in [3.05, 3.63) is 34.8 Å². The van der Waals surface area contributed by atoms with Crippen molar-refractivity contribution in [2.24, 2.45) is 5.92 Å². The standard InChI is InChI=1S/C11H12N4OS/c16-11(10-2-1-5-17-10)14-6-9(7-14)8-15-4-3-12-13-15/h1-5,9H,6-8H2. The molecular weight excluding hydrogens is 236 g/mol. The maximum atomic E-state index is 11.9. The summed E-state index contributed by atoms with van der Waals surface area (Å²) in [7, 11) is 0. The third kappa shape index (κ3) is 2.08. The van der Waals surface area contributed by atoms with Crippen molar-refractivity contribution >= 4 is 17.2 Å². The Morgan fingerprint density at radius 1 is 1.53 bits per heavy atom. The largest absolute Gasteiger partial charge is 0.337 e. The van der Waals surface area contributed by atoms with E-state index in [1.165, 1.54) is 11.3 Å². The average molecular weight is 248 g/mol. The van der Waals surface area contributed by atoms with Gasteiger partial charge >= 0.3 is 0 Å². The van der Waals surface area contributed by atoms with E-state index < -0.39 is 0 Å². The van der Waals surface area contributed by atoms with Gasteiger partial charge in [0, 0.05) is 31.7 Å². The normalized spacial score (nSPS) is 15.9. The Kier molecular flexibility index (Phi) is 2.64. The Balaban J connectivity index is 1.53. The van der Waals surface area contributed by atoms with Gasteiger partial charge in [0.25, 0.3) is 5.91 Å². The Labute approximate surface area is 103 Å². The van der Waals surface area contributed by atoms with Crippen LogP contribution in [0.4, 0.5) is 0 Å². The van der Waals surface area contributed by atoms with Crippen LogP contribution < -0.4 is 0 Å². The number of thiophene rings is 1. The van der Waals surface area contributed by atoms with Crippen LogP contribution >= 0.6 is 11.3 Å². The van der Waals surface area contributed by atoms with Gasteiger partial charge in [-0.1, -0.05) is 11.3 Å². The van der Waals surface area contributed by atoms with Crippen molar-refractivity contribution in [3.63, 3.8) is 0 Å². The van der Waals surface area contributed by atoms with Crippen LogP contribution in [0.15, 0.2) is 29.9 Å². The Morgan fingerprint density at radius 3 is 3.06 bits per heavy atom. The monoisotopic (exact) mass is 248 g/mol. The van der Waals surface area contributed by atoms with Crippen LogP contribution in [0, 0.1) is 5.92 Å². The van der Waals surface area contributed by atoms with Gasteiger partial charge in [-0.15, -0.1) is 16.4 Å². The predicted molar refractivity (Wildman–Crippen MR) is 63.7 cm³/mol. The molecule has 0 aromatic carbocycles. The number of likely N-dealkylation sites (tertiary alicyclic amines) is 1. The quantitative estimate of drug-likeness (QED) is 0.817. The number of aromatic nitrogens is 3. The van der Waals surface area contributed by atoms with Crippen LogP contribution in [0.3, 0.4) is 0 Å². The number of carbonyl (C=O) groups is 1. The summed E-state index contributed by atoms with van der Waals surface area (Å²) < 4.78 is 1.82. The zero-order chi connectivity index (χ0) is 11.7. The fourth-order valence-electron chi connectivity index (χ4n) is 2.00. The van der Waals surface area contributed by atoms with Gasteiger partial charge < -0.3 is 4.90 Å². The lowest BCUT2D eigenvalue weighted by molar-refractivity contribution is 0.0465. The minimum Gasteiger partial charge on any atom is -0.337 e. The predicted octanol–water partition coefficient (Wildman–Crippen LogP) is 1.11. The van der Waals surface area contributed by atoms with Gasteiger partial charge in [-0.25, -0.2) is 0 Å². The molecular formula is C11H12N4OS. The molecule has 6 heteroatoms. The van der Waals surface area contributed by atoms with E-state index >= 15 is 0 Å². The molecule has 0 saturated carbocycles. The van der Waals surface area contributed by atoms with Gasteiger partial charge in [0.15, 0.2) is 0 Å². The van der Waals surface area contributed by atoms with E-state index in [0.29, 0.717) is 5.92 Å². The van der Waals surface area contributed by atoms with Crippen LogP contribution in [0.2, 0.25) is 0 Å². The highest BCUT2D eigenvalue weighted by atomic mass is 32.1. The van der Waals surface area contributed by atoms with Crippen LogP contribution in [0.1, 0.15) is 9.67 Å². The second kappa shape index (κ2) is 4.29. The maximum Gasteiger partial charge on any atom is 0.263 e. The summed E-state index contributed by atoms with van der Waals surface area (Å²) in [6, 6.07) is 3.78. The van der Waals surface area contributed by atoms with E-state index in [1.54, 1.807) is 6.20 Å². The number of hydrogen-bond acceptors (Lipinski definition) is 4. The molecule has 3 rings (SSSR count). The number of rotatable bonds is 3. The summed E-state index contributed by atoms with van der Waals surface area (Å²) in [6.07, 6.45) is 3.52. The Hall–Kier alpha value is -1.69. The molecule has 0 bridgehead atoms. The summed E-state index contributed by atoms with van der Waals surface area (Å²) in [6.45, 7) is 2.47. The first-order chi connectivity index (χ1) is 8.33. The summed E-state index contributed by atoms with van der Waals surface area (Å²) in [5.74, 6) is 0.649. The van der Waals surface area contributed by atoms with Gasteiger partial charge in [-0.05, 0) is 11.4 Å². The molecule has 0 N–H and O–H groups in total. The smallest absolute Gasteiger partial charge is 0.263 e. The molecule has 1 aliphatic rings. The molecule has 1 fully saturated rings. The van der Waals surface area contributed by atoms with E-state index in [2.05, 4.69) is 10.3 Å². The van der Waals surface area contributed by atoms with Gasteiger partial charge in [-0.3, -0.25) is 9.48 Å². The number of carbonyl (C=O) groups excluding carboxylic acids is 1. The maximum absolute atomic E-state index is 11.9. The highest BCUT2D eigenvalue weighted by Gasteiger charge is 2.31. The molecule has 3 heterocycles. The number of nitrogens with zero attached hydrogens (tertiary/aromatic N) is 4. The molecule has 1 saturated heterocycles. The summed E-state index contributed by atoms with van der Waals surface area (Å²) in [5, 5.41) is 9.62. The zero-order valence-corrected chi connectivity index (χ0v) is 10.0. The molecule has 5 nitrogen and oxygen atoms in total. The first-order valence-electron chi connectivity index (χ1n) is 5.50. The van der Waals surface area contributed by atoms with Crippen LogP contribution in [-0.2, 0) is 6.54 Å². The molecule has 17 heavy (non-hydrogen) atoms. The van der Waals surface area contributed by atoms with Gasteiger partial charge in [0.2, 0.25) is 0 Å². The van der Waals surface area contributed by atoms with Crippen molar-refractivity contribution in [2.45, 2.75) is 6.54 Å². The molecule has 2 aromatic rings. The van der Waals surface area contributed by atoms with Crippen molar-refractivity contribution in [1.29, 1.82) is 0 Å². The van der Waals surface area contributed by atoms with Crippen molar-refractivity contribution in [3.8, 4) is 0 Å². The first-order valence-corrected chi connectivity index (χ1v) is 6.38. The molecule has 1 amide bonds. The summed E-state index contributed by atoms with van der Waals surface area (Å²) in [5.41, 5.74) is 0. The molecule has 0 atom stereocenters. The van der Waals surface area contributed by atoms with E-state index in [9.17, 15) is 4.79 Å². The molecule has 2 aromatic heterocycles. The summed E-state index contributed by atoms with van der Waals surface area (Å²) in [4.78, 5) is 14.6. The minimum absolute atomic E-state index is 0.148. The highest BCUT2D eigenvalue weighted by molar-refractivity contribution is 7.12. The molecule has 0 aliphatic carbocycles. The Morgan fingerprint density at radius 2 is 2.41 bits per heavy atom. The molecule has 88 valence electrons. The molecule has 1 aliphatic heterocycles. The SMILES string of the molecule is O=C(c1cccs1)N1CC(Cn2ccnn2)C1. The molecule has 0 unspecified atom stereocenters. The topological polar surface area (TPSA) is 51.0 Å². The van der Waals surface area contributed by atoms with Gasteiger partial charge in [0.1, 0.15) is 0 Å². The zero-order valence-electron chi connectivity index (χ0n) is 9.19. The second-order valence-electron chi connectivity index (χ2n) is 4.18. The Bertz CT molecular complexity index is 488. The third-order valence-corrected chi connectivity index (χ3v) is 3.75. The van der Waals surface area contributed by atoms with Gasteiger partial charge in [-0.2, -0.15) is 0 Å². The third-order valence-electron chi connectivity index (χ3n) is 2.89. The fourth-order valence-corrected chi connectivity index (χ4v) is 2.69. The van der Waals surface area contributed by atoms with Gasteiger partial charge in [0.05, 0.1) is 11.1 Å². The molecule has 0 radical (unpaired) electrons. The van der Waals surface area contributed by atoms with Crippen LogP contribution in [0.5, 0.6) is 0 Å². The minimum atomic E-state index is 0.148. The van der Waals surface area contributed by atoms with Crippen molar-refractivity contribution < 1.29 is 4.79 Å². The molecule has 0 spiro atoms. The number of hydrogen-bond donors (Lipinski definition) is 0.